The lowest BCUT2D eigenvalue weighted by Gasteiger charge is -2.41. The highest BCUT2D eigenvalue weighted by Gasteiger charge is 2.42. The number of esters is 1. The summed E-state index contributed by atoms with van der Waals surface area (Å²) in [7, 11) is 0. The van der Waals surface area contributed by atoms with Gasteiger partial charge in [0.2, 0.25) is 5.91 Å². The minimum Gasteiger partial charge on any atom is -0.458 e. The van der Waals surface area contributed by atoms with Crippen molar-refractivity contribution < 1.29 is 29.0 Å². The third-order valence-corrected chi connectivity index (χ3v) is 9.48. The summed E-state index contributed by atoms with van der Waals surface area (Å²) in [6, 6.07) is 11.5. The Balaban J connectivity index is 1.17. The zero-order valence-electron chi connectivity index (χ0n) is 27.9. The summed E-state index contributed by atoms with van der Waals surface area (Å²) in [6.07, 6.45) is 4.57. The van der Waals surface area contributed by atoms with Crippen molar-refractivity contribution >= 4 is 46.7 Å². The summed E-state index contributed by atoms with van der Waals surface area (Å²) in [5.74, 6) is -2.28. The molecule has 3 amide bonds. The van der Waals surface area contributed by atoms with E-state index in [2.05, 4.69) is 20.4 Å². The second-order valence-corrected chi connectivity index (χ2v) is 14.2. The molecule has 2 saturated heterocycles. The van der Waals surface area contributed by atoms with Crippen LogP contribution in [0.5, 0.6) is 0 Å². The molecule has 3 fully saturated rings. The van der Waals surface area contributed by atoms with Crippen LogP contribution in [0.2, 0.25) is 5.02 Å². The summed E-state index contributed by atoms with van der Waals surface area (Å²) < 4.78 is 7.11. The first-order valence-corrected chi connectivity index (χ1v) is 17.0. The van der Waals surface area contributed by atoms with Crippen LogP contribution in [0.15, 0.2) is 48.8 Å². The van der Waals surface area contributed by atoms with Crippen molar-refractivity contribution in [2.75, 3.05) is 42.5 Å². The van der Waals surface area contributed by atoms with E-state index in [1.54, 1.807) is 43.9 Å². The average molecular weight is 693 g/mol. The smallest absolute Gasteiger partial charge is 0.329 e. The van der Waals surface area contributed by atoms with Gasteiger partial charge in [0, 0.05) is 49.4 Å². The number of carbonyl (C=O) groups is 4. The van der Waals surface area contributed by atoms with Crippen LogP contribution in [0.25, 0.3) is 5.69 Å². The number of anilines is 2. The van der Waals surface area contributed by atoms with E-state index < -0.39 is 29.4 Å². The normalized spacial score (nSPS) is 21.7. The van der Waals surface area contributed by atoms with Gasteiger partial charge >= 0.3 is 17.8 Å². The molecule has 0 spiro atoms. The number of aliphatic hydroxyl groups is 1. The molecule has 3 aliphatic rings. The molecule has 0 unspecified atom stereocenters. The Morgan fingerprint density at radius 1 is 0.939 bits per heavy atom. The molecule has 3 heterocycles. The molecule has 15 heteroatoms. The Kier molecular flexibility index (Phi) is 10.00. The lowest BCUT2D eigenvalue weighted by Crippen LogP contribution is -2.60. The van der Waals surface area contributed by atoms with Gasteiger partial charge in [0.05, 0.1) is 24.0 Å². The number of hydrogen-bond acceptors (Lipinski definition) is 10. The third-order valence-electron chi connectivity index (χ3n) is 9.24. The van der Waals surface area contributed by atoms with Crippen molar-refractivity contribution in [1.82, 2.24) is 30.0 Å². The molecule has 3 aromatic rings. The zero-order valence-corrected chi connectivity index (χ0v) is 28.6. The van der Waals surface area contributed by atoms with E-state index in [1.165, 1.54) is 20.8 Å². The monoisotopic (exact) mass is 692 g/mol. The highest BCUT2D eigenvalue weighted by Crippen LogP contribution is 2.31. The average Bonchev–Trinajstić information content (AvgIpc) is 3.60. The number of hydrogen-bond donors (Lipinski definition) is 1. The molecule has 1 N–H and O–H groups in total. The fourth-order valence-electron chi connectivity index (χ4n) is 6.78. The Morgan fingerprint density at radius 3 is 2.31 bits per heavy atom. The van der Waals surface area contributed by atoms with Crippen LogP contribution < -0.4 is 9.80 Å². The van der Waals surface area contributed by atoms with Crippen LogP contribution in [0.1, 0.15) is 52.0 Å². The summed E-state index contributed by atoms with van der Waals surface area (Å²) in [6.45, 7) is 7.03. The number of benzene rings is 2. The summed E-state index contributed by atoms with van der Waals surface area (Å²) in [5, 5.41) is 21.5. The first-order chi connectivity index (χ1) is 23.4. The SMILES string of the molecule is CC(C)(C)OC(=O)[C@H](Cc1ccc(N2CCN(C3CCC(O)CC3)CC2=O)cc1)N1CCN(c2cc(Cl)ccc2-n2cnnn2)C(=O)C1=O. The van der Waals surface area contributed by atoms with Gasteiger partial charge in [0.1, 0.15) is 18.0 Å². The molecular formula is C34H41ClN8O6. The van der Waals surface area contributed by atoms with Crippen LogP contribution in [0.3, 0.4) is 0 Å². The molecule has 49 heavy (non-hydrogen) atoms. The van der Waals surface area contributed by atoms with Crippen molar-refractivity contribution in [1.29, 1.82) is 0 Å². The lowest BCUT2D eigenvalue weighted by molar-refractivity contribution is -0.166. The first-order valence-electron chi connectivity index (χ1n) is 16.6. The number of aromatic nitrogens is 4. The van der Waals surface area contributed by atoms with Gasteiger partial charge in [0.15, 0.2) is 0 Å². The fourth-order valence-corrected chi connectivity index (χ4v) is 6.95. The van der Waals surface area contributed by atoms with E-state index >= 15 is 0 Å². The van der Waals surface area contributed by atoms with Crippen molar-refractivity contribution in [3.05, 3.63) is 59.4 Å². The molecule has 2 aromatic carbocycles. The molecule has 260 valence electrons. The van der Waals surface area contributed by atoms with Crippen LogP contribution in [0.4, 0.5) is 11.4 Å². The summed E-state index contributed by atoms with van der Waals surface area (Å²) in [5.41, 5.74) is 1.48. The predicted octanol–water partition coefficient (Wildman–Crippen LogP) is 2.40. The van der Waals surface area contributed by atoms with E-state index in [9.17, 15) is 24.3 Å². The van der Waals surface area contributed by atoms with Crippen molar-refractivity contribution in [3.8, 4) is 5.69 Å². The van der Waals surface area contributed by atoms with Crippen LogP contribution in [-0.4, -0.2) is 115 Å². The van der Waals surface area contributed by atoms with Crippen molar-refractivity contribution in [2.24, 2.45) is 0 Å². The van der Waals surface area contributed by atoms with E-state index in [0.717, 1.165) is 43.5 Å². The standard InChI is InChI=1S/C34H41ClN8O6/c1-34(2,3)49-33(48)29(42-17-16-41(31(46)32(42)47)28-19-23(35)6-13-27(28)43-21-36-37-38-43)18-22-4-7-25(8-5-22)40-15-14-39(20-30(40)45)24-9-11-26(44)12-10-24/h4-8,13,19,21,24,26,29,44H,9-12,14-18,20H2,1-3H3/t24?,26?,29-/m0/s1. The Labute approximate surface area is 289 Å². The highest BCUT2D eigenvalue weighted by molar-refractivity contribution is 6.41. The van der Waals surface area contributed by atoms with Gasteiger partial charge in [-0.05, 0) is 92.8 Å². The highest BCUT2D eigenvalue weighted by atomic mass is 35.5. The van der Waals surface area contributed by atoms with Gasteiger partial charge in [-0.1, -0.05) is 23.7 Å². The van der Waals surface area contributed by atoms with Gasteiger partial charge in [-0.2, -0.15) is 4.68 Å². The van der Waals surface area contributed by atoms with Gasteiger partial charge in [-0.25, -0.2) is 4.79 Å². The molecular weight excluding hydrogens is 652 g/mol. The van der Waals surface area contributed by atoms with Crippen LogP contribution in [0, 0.1) is 0 Å². The Hall–Kier alpha value is -4.40. The number of aliphatic hydroxyl groups excluding tert-OH is 1. The van der Waals surface area contributed by atoms with Crippen LogP contribution in [-0.2, 0) is 30.3 Å². The first kappa shape index (κ1) is 34.5. The quantitative estimate of drug-likeness (QED) is 0.275. The predicted molar refractivity (Wildman–Crippen MR) is 180 cm³/mol. The maximum Gasteiger partial charge on any atom is 0.329 e. The summed E-state index contributed by atoms with van der Waals surface area (Å²) in [4.78, 5) is 60.7. The Bertz CT molecular complexity index is 1690. The van der Waals surface area contributed by atoms with Gasteiger partial charge in [-0.3, -0.25) is 19.3 Å². The molecule has 1 aliphatic carbocycles. The lowest BCUT2D eigenvalue weighted by atomic mass is 9.91. The second-order valence-electron chi connectivity index (χ2n) is 13.7. The number of piperazine rings is 2. The maximum absolute atomic E-state index is 13.7. The maximum atomic E-state index is 13.7. The molecule has 1 saturated carbocycles. The fraction of sp³-hybridized carbons (Fsp3) is 0.500. The van der Waals surface area contributed by atoms with Crippen molar-refractivity contribution in [3.63, 3.8) is 0 Å². The molecule has 0 radical (unpaired) electrons. The van der Waals surface area contributed by atoms with E-state index in [-0.39, 0.29) is 31.5 Å². The van der Waals surface area contributed by atoms with Gasteiger partial charge in [-0.15, -0.1) is 5.10 Å². The van der Waals surface area contributed by atoms with E-state index in [1.807, 2.05) is 24.3 Å². The molecule has 14 nitrogen and oxygen atoms in total. The number of rotatable bonds is 8. The van der Waals surface area contributed by atoms with E-state index in [4.69, 9.17) is 16.3 Å². The minimum absolute atomic E-state index is 0.0154. The number of amides is 3. The van der Waals surface area contributed by atoms with E-state index in [0.29, 0.717) is 35.5 Å². The number of tetrazole rings is 1. The largest absolute Gasteiger partial charge is 0.458 e. The number of ether oxygens (including phenoxy) is 1. The van der Waals surface area contributed by atoms with Gasteiger partial charge in [0.25, 0.3) is 0 Å². The summed E-state index contributed by atoms with van der Waals surface area (Å²) >= 11 is 6.28. The molecule has 0 bridgehead atoms. The topological polar surface area (TPSA) is 154 Å². The number of carbonyl (C=O) groups excluding carboxylic acids is 4. The molecule has 1 atom stereocenters. The second kappa shape index (κ2) is 14.2. The molecule has 6 rings (SSSR count). The number of nitrogens with zero attached hydrogens (tertiary/aromatic N) is 8. The van der Waals surface area contributed by atoms with Crippen LogP contribution >= 0.6 is 11.6 Å². The number of halogens is 1. The molecule has 2 aliphatic heterocycles. The minimum atomic E-state index is -1.07. The zero-order chi connectivity index (χ0) is 34.9. The van der Waals surface area contributed by atoms with Crippen molar-refractivity contribution in [2.45, 2.75) is 76.7 Å². The third kappa shape index (κ3) is 7.76. The van der Waals surface area contributed by atoms with Gasteiger partial charge < -0.3 is 24.5 Å². The molecule has 1 aromatic heterocycles. The Morgan fingerprint density at radius 2 is 1.65 bits per heavy atom.